The molecule has 24 heavy (non-hydrogen) atoms. The molecule has 1 heterocycles. The van der Waals surface area contributed by atoms with Gasteiger partial charge in [-0.05, 0) is 24.6 Å². The molecule has 3 rings (SSSR count). The molecule has 1 amide bonds. The van der Waals surface area contributed by atoms with E-state index in [0.717, 1.165) is 11.1 Å². The van der Waals surface area contributed by atoms with Crippen LogP contribution in [0.2, 0.25) is 5.02 Å². The lowest BCUT2D eigenvalue weighted by atomic mass is 10.2. The van der Waals surface area contributed by atoms with E-state index in [4.69, 9.17) is 16.0 Å². The van der Waals surface area contributed by atoms with Crippen LogP contribution in [0.3, 0.4) is 0 Å². The Morgan fingerprint density at radius 1 is 1.29 bits per heavy atom. The van der Waals surface area contributed by atoms with Crippen molar-refractivity contribution in [1.29, 1.82) is 0 Å². The Bertz CT molecular complexity index is 851. The molecule has 124 valence electrons. The summed E-state index contributed by atoms with van der Waals surface area (Å²) in [5.74, 6) is 0.0316. The smallest absolute Gasteiger partial charge is 0.257 e. The maximum Gasteiger partial charge on any atom is 0.257 e. The van der Waals surface area contributed by atoms with E-state index < -0.39 is 0 Å². The third kappa shape index (κ3) is 3.91. The van der Waals surface area contributed by atoms with E-state index in [0.29, 0.717) is 22.4 Å². The molecule has 4 nitrogen and oxygen atoms in total. The van der Waals surface area contributed by atoms with Crippen LogP contribution in [0.1, 0.15) is 12.5 Å². The third-order valence-corrected chi connectivity index (χ3v) is 4.76. The quantitative estimate of drug-likeness (QED) is 0.623. The number of rotatable bonds is 5. The number of hydrogen-bond donors (Lipinski definition) is 0. The molecule has 0 saturated heterocycles. The summed E-state index contributed by atoms with van der Waals surface area (Å²) < 4.78 is 5.66. The zero-order valence-corrected chi connectivity index (χ0v) is 15.0. The lowest BCUT2D eigenvalue weighted by Gasteiger charge is -2.20. The van der Waals surface area contributed by atoms with E-state index in [1.54, 1.807) is 30.1 Å². The van der Waals surface area contributed by atoms with Gasteiger partial charge in [0.1, 0.15) is 5.52 Å². The first kappa shape index (κ1) is 16.9. The number of halogens is 1. The molecule has 1 unspecified atom stereocenters. The molecular weight excluding hydrogens is 344 g/mol. The summed E-state index contributed by atoms with van der Waals surface area (Å²) in [5, 5.41) is 0.783. The van der Waals surface area contributed by atoms with Crippen molar-refractivity contribution in [3.63, 3.8) is 0 Å². The molecule has 1 atom stereocenters. The number of nitrogens with zero attached hydrogens (tertiary/aromatic N) is 2. The molecule has 0 spiro atoms. The van der Waals surface area contributed by atoms with Gasteiger partial charge in [0.25, 0.3) is 5.22 Å². The van der Waals surface area contributed by atoms with Gasteiger partial charge in [-0.1, -0.05) is 53.7 Å². The second-order valence-corrected chi connectivity index (χ2v) is 7.26. The molecule has 1 aromatic heterocycles. The Labute approximate surface area is 149 Å². The van der Waals surface area contributed by atoms with Gasteiger partial charge in [0.2, 0.25) is 5.91 Å². The molecule has 0 bridgehead atoms. The molecule has 0 fully saturated rings. The Kier molecular flexibility index (Phi) is 5.11. The van der Waals surface area contributed by atoms with Crippen molar-refractivity contribution in [3.8, 4) is 0 Å². The van der Waals surface area contributed by atoms with Crippen LogP contribution < -0.4 is 0 Å². The largest absolute Gasteiger partial charge is 0.431 e. The Morgan fingerprint density at radius 2 is 2.04 bits per heavy atom. The van der Waals surface area contributed by atoms with Crippen molar-refractivity contribution in [2.45, 2.75) is 23.9 Å². The van der Waals surface area contributed by atoms with Gasteiger partial charge in [0, 0.05) is 24.7 Å². The van der Waals surface area contributed by atoms with E-state index in [-0.39, 0.29) is 11.2 Å². The number of aromatic nitrogens is 1. The van der Waals surface area contributed by atoms with Crippen LogP contribution in [-0.2, 0) is 11.3 Å². The highest BCUT2D eigenvalue weighted by molar-refractivity contribution is 8.00. The van der Waals surface area contributed by atoms with Crippen molar-refractivity contribution < 1.29 is 9.21 Å². The summed E-state index contributed by atoms with van der Waals surface area (Å²) >= 11 is 7.26. The molecule has 0 aliphatic rings. The van der Waals surface area contributed by atoms with Crippen molar-refractivity contribution >= 4 is 40.4 Å². The van der Waals surface area contributed by atoms with Gasteiger partial charge in [-0.2, -0.15) is 0 Å². The van der Waals surface area contributed by atoms with Crippen molar-refractivity contribution in [3.05, 3.63) is 59.1 Å². The average Bonchev–Trinajstić information content (AvgIpc) is 2.96. The number of amides is 1. The highest BCUT2D eigenvalue weighted by Crippen LogP contribution is 2.29. The van der Waals surface area contributed by atoms with Crippen LogP contribution >= 0.6 is 23.4 Å². The van der Waals surface area contributed by atoms with Gasteiger partial charge in [-0.3, -0.25) is 4.79 Å². The third-order valence-electron chi connectivity index (χ3n) is 3.60. The number of hydrogen-bond acceptors (Lipinski definition) is 4. The van der Waals surface area contributed by atoms with Gasteiger partial charge in [0.15, 0.2) is 5.58 Å². The lowest BCUT2D eigenvalue weighted by molar-refractivity contribution is -0.129. The Hall–Kier alpha value is -1.98. The van der Waals surface area contributed by atoms with Crippen LogP contribution in [-0.4, -0.2) is 28.1 Å². The van der Waals surface area contributed by atoms with Crippen LogP contribution in [0.5, 0.6) is 0 Å². The summed E-state index contributed by atoms with van der Waals surface area (Å²) in [4.78, 5) is 18.6. The second kappa shape index (κ2) is 7.28. The number of oxazole rings is 1. The fraction of sp³-hybridized carbons (Fsp3) is 0.222. The van der Waals surface area contributed by atoms with E-state index in [9.17, 15) is 4.79 Å². The molecule has 0 aliphatic heterocycles. The molecular formula is C18H17ClN2O2S. The number of fused-ring (bicyclic) bond motifs is 1. The molecule has 0 radical (unpaired) electrons. The van der Waals surface area contributed by atoms with Crippen LogP contribution in [0.25, 0.3) is 11.1 Å². The highest BCUT2D eigenvalue weighted by atomic mass is 35.5. The minimum absolute atomic E-state index is 0.0316. The number of carbonyl (C=O) groups excluding carboxylic acids is 1. The fourth-order valence-electron chi connectivity index (χ4n) is 2.37. The number of benzene rings is 2. The van der Waals surface area contributed by atoms with E-state index in [1.165, 1.54) is 11.8 Å². The van der Waals surface area contributed by atoms with Gasteiger partial charge in [-0.25, -0.2) is 4.98 Å². The second-order valence-electron chi connectivity index (χ2n) is 5.53. The van der Waals surface area contributed by atoms with Gasteiger partial charge in [0.05, 0.1) is 5.25 Å². The first-order chi connectivity index (χ1) is 11.5. The maximum atomic E-state index is 12.5. The predicted molar refractivity (Wildman–Crippen MR) is 97.3 cm³/mol. The highest BCUT2D eigenvalue weighted by Gasteiger charge is 2.21. The van der Waals surface area contributed by atoms with Crippen molar-refractivity contribution in [1.82, 2.24) is 9.88 Å². The predicted octanol–water partition coefficient (Wildman–Crippen LogP) is 4.62. The monoisotopic (exact) mass is 360 g/mol. The van der Waals surface area contributed by atoms with Crippen LogP contribution in [0.4, 0.5) is 0 Å². The lowest BCUT2D eigenvalue weighted by Crippen LogP contribution is -2.32. The standard InChI is InChI=1S/C18H17ClN2O2S/c1-12(17(22)21(2)11-13-6-4-3-5-7-13)24-18-20-15-9-8-14(19)10-16(15)23-18/h3-10,12H,11H2,1-2H3. The Morgan fingerprint density at radius 3 is 2.79 bits per heavy atom. The van der Waals surface area contributed by atoms with Gasteiger partial charge in [-0.15, -0.1) is 0 Å². The van der Waals surface area contributed by atoms with Gasteiger partial charge < -0.3 is 9.32 Å². The molecule has 0 saturated carbocycles. The zero-order valence-electron chi connectivity index (χ0n) is 13.4. The summed E-state index contributed by atoms with van der Waals surface area (Å²) in [7, 11) is 1.80. The molecule has 3 aromatic rings. The zero-order chi connectivity index (χ0) is 17.1. The molecule has 2 aromatic carbocycles. The topological polar surface area (TPSA) is 46.3 Å². The maximum absolute atomic E-state index is 12.5. The van der Waals surface area contributed by atoms with Crippen LogP contribution in [0.15, 0.2) is 58.2 Å². The summed E-state index contributed by atoms with van der Waals surface area (Å²) in [6, 6.07) is 15.2. The number of carbonyl (C=O) groups is 1. The van der Waals surface area contributed by atoms with E-state index in [1.807, 2.05) is 37.3 Å². The normalized spacial score (nSPS) is 12.3. The molecule has 0 N–H and O–H groups in total. The first-order valence-electron chi connectivity index (χ1n) is 7.54. The summed E-state index contributed by atoms with van der Waals surface area (Å²) in [5.41, 5.74) is 2.46. The molecule has 0 aliphatic carbocycles. The number of thioether (sulfide) groups is 1. The van der Waals surface area contributed by atoms with Crippen LogP contribution in [0, 0.1) is 0 Å². The fourth-order valence-corrected chi connectivity index (χ4v) is 3.41. The summed E-state index contributed by atoms with van der Waals surface area (Å²) in [6.07, 6.45) is 0. The average molecular weight is 361 g/mol. The summed E-state index contributed by atoms with van der Waals surface area (Å²) in [6.45, 7) is 2.43. The SMILES string of the molecule is CC(Sc1nc2ccc(Cl)cc2o1)C(=O)N(C)Cc1ccccc1. The minimum atomic E-state index is -0.290. The van der Waals surface area contributed by atoms with Gasteiger partial charge >= 0.3 is 0 Å². The Balaban J connectivity index is 1.66. The minimum Gasteiger partial charge on any atom is -0.431 e. The van der Waals surface area contributed by atoms with E-state index >= 15 is 0 Å². The van der Waals surface area contributed by atoms with Crippen molar-refractivity contribution in [2.75, 3.05) is 7.05 Å². The molecule has 6 heteroatoms. The first-order valence-corrected chi connectivity index (χ1v) is 8.80. The van der Waals surface area contributed by atoms with Crippen molar-refractivity contribution in [2.24, 2.45) is 0 Å². The van der Waals surface area contributed by atoms with E-state index in [2.05, 4.69) is 4.98 Å².